The SMILES string of the molecule is Cc1cccc2c1C1(C(=O)N2)C(C#N)=C(N)Oc2c1c(=O)oc1ccccc21. The molecule has 1 spiro atoms. The summed E-state index contributed by atoms with van der Waals surface area (Å²) in [6.45, 7) is 1.81. The molecular formula is C21H13N3O4. The summed E-state index contributed by atoms with van der Waals surface area (Å²) in [6, 6.07) is 14.1. The minimum absolute atomic E-state index is 0.0394. The predicted molar refractivity (Wildman–Crippen MR) is 101 cm³/mol. The van der Waals surface area contributed by atoms with Gasteiger partial charge >= 0.3 is 5.63 Å². The Morgan fingerprint density at radius 3 is 2.68 bits per heavy atom. The molecule has 0 aliphatic carbocycles. The molecule has 0 radical (unpaired) electrons. The van der Waals surface area contributed by atoms with Crippen molar-refractivity contribution in [3.8, 4) is 11.8 Å². The number of rotatable bonds is 0. The summed E-state index contributed by atoms with van der Waals surface area (Å²) in [5, 5.41) is 13.1. The van der Waals surface area contributed by atoms with Crippen LogP contribution in [0.3, 0.4) is 0 Å². The van der Waals surface area contributed by atoms with Crippen LogP contribution in [0.15, 0.2) is 63.1 Å². The number of fused-ring (bicyclic) bond motifs is 6. The molecule has 3 N–H and O–H groups in total. The van der Waals surface area contributed by atoms with E-state index in [9.17, 15) is 14.9 Å². The van der Waals surface area contributed by atoms with Crippen molar-refractivity contribution in [3.05, 3.63) is 81.0 Å². The summed E-state index contributed by atoms with van der Waals surface area (Å²) >= 11 is 0. The molecule has 7 heteroatoms. The van der Waals surface area contributed by atoms with Gasteiger partial charge in [-0.15, -0.1) is 0 Å². The van der Waals surface area contributed by atoms with Gasteiger partial charge in [0.25, 0.3) is 0 Å². The first kappa shape index (κ1) is 16.1. The van der Waals surface area contributed by atoms with Gasteiger partial charge in [-0.25, -0.2) is 4.79 Å². The number of benzene rings is 2. The molecule has 1 amide bonds. The number of nitrogens with one attached hydrogen (secondary N) is 1. The van der Waals surface area contributed by atoms with Crippen LogP contribution >= 0.6 is 0 Å². The van der Waals surface area contributed by atoms with Crippen molar-refractivity contribution in [3.63, 3.8) is 0 Å². The number of ether oxygens (including phenoxy) is 1. The molecule has 1 unspecified atom stereocenters. The molecule has 0 saturated heterocycles. The first-order valence-electron chi connectivity index (χ1n) is 8.56. The maximum atomic E-state index is 13.3. The van der Waals surface area contributed by atoms with Gasteiger partial charge in [0.2, 0.25) is 11.8 Å². The average Bonchev–Trinajstić information content (AvgIpc) is 2.95. The first-order valence-corrected chi connectivity index (χ1v) is 8.56. The number of carbonyl (C=O) groups is 1. The van der Waals surface area contributed by atoms with E-state index in [0.29, 0.717) is 22.2 Å². The number of nitrogens with zero attached hydrogens (tertiary/aromatic N) is 1. The zero-order valence-electron chi connectivity index (χ0n) is 14.7. The number of carbonyl (C=O) groups excluding carboxylic acids is 1. The Balaban J connectivity index is 2.05. The van der Waals surface area contributed by atoms with Crippen LogP contribution in [0.25, 0.3) is 11.0 Å². The number of nitrogens with two attached hydrogens (primary N) is 1. The number of anilines is 1. The fraction of sp³-hybridized carbons (Fsp3) is 0.0952. The third-order valence-corrected chi connectivity index (χ3v) is 5.32. The average molecular weight is 371 g/mol. The van der Waals surface area contributed by atoms with Gasteiger partial charge in [-0.2, -0.15) is 5.26 Å². The summed E-state index contributed by atoms with van der Waals surface area (Å²) in [7, 11) is 0. The van der Waals surface area contributed by atoms with Gasteiger partial charge in [0.05, 0.1) is 5.39 Å². The highest BCUT2D eigenvalue weighted by atomic mass is 16.5. The summed E-state index contributed by atoms with van der Waals surface area (Å²) < 4.78 is 11.2. The van der Waals surface area contributed by atoms with E-state index in [4.69, 9.17) is 14.9 Å². The van der Waals surface area contributed by atoms with Crippen molar-refractivity contribution in [2.75, 3.05) is 5.32 Å². The molecular weight excluding hydrogens is 358 g/mol. The summed E-state index contributed by atoms with van der Waals surface area (Å²) in [5.41, 5.74) is 5.51. The van der Waals surface area contributed by atoms with E-state index in [1.54, 1.807) is 36.4 Å². The topological polar surface area (TPSA) is 118 Å². The van der Waals surface area contributed by atoms with E-state index < -0.39 is 16.9 Å². The lowest BCUT2D eigenvalue weighted by Crippen LogP contribution is -2.46. The van der Waals surface area contributed by atoms with Gasteiger partial charge in [0.1, 0.15) is 22.8 Å². The molecule has 0 bridgehead atoms. The number of nitriles is 1. The number of para-hydroxylation sites is 1. The second-order valence-corrected chi connectivity index (χ2v) is 6.74. The summed E-state index contributed by atoms with van der Waals surface area (Å²) in [4.78, 5) is 26.4. The van der Waals surface area contributed by atoms with E-state index >= 15 is 0 Å². The summed E-state index contributed by atoms with van der Waals surface area (Å²) in [6.07, 6.45) is 0. The van der Waals surface area contributed by atoms with Gasteiger partial charge in [-0.3, -0.25) is 4.79 Å². The minimum Gasteiger partial charge on any atom is -0.439 e. The highest BCUT2D eigenvalue weighted by molar-refractivity contribution is 6.13. The highest BCUT2D eigenvalue weighted by Gasteiger charge is 2.59. The van der Waals surface area contributed by atoms with Crippen molar-refractivity contribution in [2.45, 2.75) is 12.3 Å². The Hall–Kier alpha value is -4.05. The van der Waals surface area contributed by atoms with Gasteiger partial charge in [0.15, 0.2) is 11.2 Å². The number of hydrogen-bond donors (Lipinski definition) is 2. The first-order chi connectivity index (χ1) is 13.5. The van der Waals surface area contributed by atoms with Crippen LogP contribution in [-0.4, -0.2) is 5.91 Å². The molecule has 5 rings (SSSR count). The normalized spacial score (nSPS) is 19.8. The van der Waals surface area contributed by atoms with Crippen molar-refractivity contribution in [1.82, 2.24) is 0 Å². The molecule has 2 aliphatic rings. The standard InChI is InChI=1S/C21H13N3O4/c1-10-5-4-7-13-15(10)21(20(26)24-13)12(9-22)18(23)28-17-11-6-2-3-8-14(11)27-19(25)16(17)21/h2-8H,23H2,1H3,(H,24,26). The molecule has 7 nitrogen and oxygen atoms in total. The van der Waals surface area contributed by atoms with Gasteiger partial charge < -0.3 is 20.2 Å². The fourth-order valence-electron chi connectivity index (χ4n) is 4.24. The van der Waals surface area contributed by atoms with Crippen LogP contribution < -0.4 is 21.4 Å². The maximum Gasteiger partial charge on any atom is 0.345 e. The highest BCUT2D eigenvalue weighted by Crippen LogP contribution is 2.54. The van der Waals surface area contributed by atoms with Gasteiger partial charge in [-0.1, -0.05) is 24.3 Å². The van der Waals surface area contributed by atoms with Gasteiger partial charge in [0, 0.05) is 11.3 Å². The fourth-order valence-corrected chi connectivity index (χ4v) is 4.24. The van der Waals surface area contributed by atoms with Crippen molar-refractivity contribution in [1.29, 1.82) is 5.26 Å². The molecule has 28 heavy (non-hydrogen) atoms. The molecule has 3 heterocycles. The Morgan fingerprint density at radius 2 is 1.89 bits per heavy atom. The van der Waals surface area contributed by atoms with E-state index in [2.05, 4.69) is 5.32 Å². The largest absolute Gasteiger partial charge is 0.439 e. The molecule has 1 atom stereocenters. The minimum atomic E-state index is -1.72. The van der Waals surface area contributed by atoms with Crippen molar-refractivity contribution >= 4 is 22.6 Å². The number of aryl methyl sites for hydroxylation is 1. The molecule has 1 aromatic heterocycles. The molecule has 3 aromatic rings. The van der Waals surface area contributed by atoms with Crippen LogP contribution in [0.1, 0.15) is 16.7 Å². The molecule has 0 saturated carbocycles. The Labute approximate surface area is 158 Å². The molecule has 0 fully saturated rings. The Bertz CT molecular complexity index is 1350. The quantitative estimate of drug-likeness (QED) is 0.586. The van der Waals surface area contributed by atoms with E-state index in [1.165, 1.54) is 0 Å². The zero-order chi connectivity index (χ0) is 19.6. The zero-order valence-corrected chi connectivity index (χ0v) is 14.7. The van der Waals surface area contributed by atoms with E-state index in [0.717, 1.165) is 5.56 Å². The predicted octanol–water partition coefficient (Wildman–Crippen LogP) is 2.43. The van der Waals surface area contributed by atoms with Crippen LogP contribution in [0.2, 0.25) is 0 Å². The second-order valence-electron chi connectivity index (χ2n) is 6.74. The smallest absolute Gasteiger partial charge is 0.345 e. The van der Waals surface area contributed by atoms with Gasteiger partial charge in [-0.05, 0) is 30.7 Å². The van der Waals surface area contributed by atoms with E-state index in [-0.39, 0.29) is 22.8 Å². The maximum absolute atomic E-state index is 13.3. The lowest BCUT2D eigenvalue weighted by molar-refractivity contribution is -0.118. The Morgan fingerprint density at radius 1 is 1.11 bits per heavy atom. The molecule has 136 valence electrons. The number of hydrogen-bond acceptors (Lipinski definition) is 6. The van der Waals surface area contributed by atoms with Crippen molar-refractivity contribution in [2.24, 2.45) is 5.73 Å². The van der Waals surface area contributed by atoms with Crippen LogP contribution in [0.4, 0.5) is 5.69 Å². The van der Waals surface area contributed by atoms with E-state index in [1.807, 2.05) is 19.1 Å². The van der Waals surface area contributed by atoms with Crippen LogP contribution in [0.5, 0.6) is 5.75 Å². The molecule has 2 aliphatic heterocycles. The molecule has 2 aromatic carbocycles. The number of amides is 1. The Kier molecular flexibility index (Phi) is 3.02. The monoisotopic (exact) mass is 371 g/mol. The lowest BCUT2D eigenvalue weighted by atomic mass is 9.68. The van der Waals surface area contributed by atoms with Crippen LogP contribution in [0, 0.1) is 18.3 Å². The van der Waals surface area contributed by atoms with Crippen LogP contribution in [-0.2, 0) is 10.2 Å². The third kappa shape index (κ3) is 1.71. The third-order valence-electron chi connectivity index (χ3n) is 5.32. The van der Waals surface area contributed by atoms with Crippen molar-refractivity contribution < 1.29 is 13.9 Å². The second kappa shape index (κ2) is 5.24. The summed E-state index contributed by atoms with van der Waals surface area (Å²) in [5.74, 6) is -0.616. The lowest BCUT2D eigenvalue weighted by Gasteiger charge is -2.33.